The fourth-order valence-corrected chi connectivity index (χ4v) is 2.20. The zero-order chi connectivity index (χ0) is 15.2. The average Bonchev–Trinajstić information content (AvgIpc) is 2.50. The molecule has 112 valence electrons. The molecule has 0 aromatic heterocycles. The van der Waals surface area contributed by atoms with Gasteiger partial charge in [0.25, 0.3) is 0 Å². The van der Waals surface area contributed by atoms with Gasteiger partial charge in [-0.05, 0) is 42.7 Å². The lowest BCUT2D eigenvalue weighted by molar-refractivity contribution is 0.340. The van der Waals surface area contributed by atoms with E-state index >= 15 is 0 Å². The van der Waals surface area contributed by atoms with Gasteiger partial charge in [0, 0.05) is 6.04 Å². The number of hydrogen-bond donors (Lipinski definition) is 1. The van der Waals surface area contributed by atoms with Crippen molar-refractivity contribution < 1.29 is 13.9 Å². The van der Waals surface area contributed by atoms with Gasteiger partial charge >= 0.3 is 0 Å². The van der Waals surface area contributed by atoms with E-state index in [1.165, 1.54) is 7.11 Å². The van der Waals surface area contributed by atoms with Crippen molar-refractivity contribution in [3.8, 4) is 11.5 Å². The first-order chi connectivity index (χ1) is 10.2. The monoisotopic (exact) mass is 289 g/mol. The Morgan fingerprint density at radius 3 is 2.48 bits per heavy atom. The first-order valence-electron chi connectivity index (χ1n) is 6.95. The third-order valence-electron chi connectivity index (χ3n) is 3.32. The van der Waals surface area contributed by atoms with Crippen LogP contribution >= 0.6 is 0 Å². The molecule has 0 spiro atoms. The summed E-state index contributed by atoms with van der Waals surface area (Å²) in [6.45, 7) is 2.56. The molecule has 0 aliphatic heterocycles. The van der Waals surface area contributed by atoms with Crippen LogP contribution in [0.25, 0.3) is 0 Å². The Kier molecular flexibility index (Phi) is 5.17. The van der Waals surface area contributed by atoms with Gasteiger partial charge in [-0.3, -0.25) is 0 Å². The highest BCUT2D eigenvalue weighted by Crippen LogP contribution is 2.25. The number of ether oxygens (including phenoxy) is 2. The summed E-state index contributed by atoms with van der Waals surface area (Å²) in [4.78, 5) is 0. The largest absolute Gasteiger partial charge is 0.494 e. The quantitative estimate of drug-likeness (QED) is 0.885. The van der Waals surface area contributed by atoms with Crippen LogP contribution in [0.4, 0.5) is 4.39 Å². The molecule has 0 saturated carbocycles. The predicted octanol–water partition coefficient (Wildman–Crippen LogP) is 3.48. The summed E-state index contributed by atoms with van der Waals surface area (Å²) < 4.78 is 24.5. The fourth-order valence-electron chi connectivity index (χ4n) is 2.20. The van der Waals surface area contributed by atoms with Gasteiger partial charge in [-0.2, -0.15) is 0 Å². The molecule has 1 atom stereocenters. The Hall–Kier alpha value is -2.07. The van der Waals surface area contributed by atoms with E-state index in [0.29, 0.717) is 18.6 Å². The summed E-state index contributed by atoms with van der Waals surface area (Å²) in [6, 6.07) is 12.4. The third-order valence-corrected chi connectivity index (χ3v) is 3.32. The smallest absolute Gasteiger partial charge is 0.168 e. The lowest BCUT2D eigenvalue weighted by Gasteiger charge is -2.14. The average molecular weight is 289 g/mol. The Labute approximate surface area is 124 Å². The van der Waals surface area contributed by atoms with Crippen molar-refractivity contribution in [2.24, 2.45) is 5.73 Å². The maximum Gasteiger partial charge on any atom is 0.168 e. The zero-order valence-electron chi connectivity index (χ0n) is 12.3. The van der Waals surface area contributed by atoms with E-state index in [2.05, 4.69) is 0 Å². The highest BCUT2D eigenvalue weighted by molar-refractivity contribution is 5.34. The molecule has 2 N–H and O–H groups in total. The topological polar surface area (TPSA) is 44.5 Å². The first-order valence-corrected chi connectivity index (χ1v) is 6.95. The van der Waals surface area contributed by atoms with Crippen molar-refractivity contribution in [2.75, 3.05) is 13.7 Å². The summed E-state index contributed by atoms with van der Waals surface area (Å²) in [5, 5.41) is 0. The standard InChI is InChI=1S/C17H20FNO2/c1-3-21-14-9-7-12(8-10-14)15(19)11-13-5-4-6-16(20-2)17(13)18/h4-10,15H,3,11,19H2,1-2H3. The fraction of sp³-hybridized carbons (Fsp3) is 0.294. The molecule has 0 aliphatic carbocycles. The van der Waals surface area contributed by atoms with Crippen LogP contribution in [0.1, 0.15) is 24.1 Å². The summed E-state index contributed by atoms with van der Waals surface area (Å²) in [6.07, 6.45) is 0.414. The summed E-state index contributed by atoms with van der Waals surface area (Å²) in [5.41, 5.74) is 7.66. The van der Waals surface area contributed by atoms with Crippen LogP contribution in [0, 0.1) is 5.82 Å². The number of hydrogen-bond acceptors (Lipinski definition) is 3. The molecule has 0 amide bonds. The molecular formula is C17H20FNO2. The molecule has 0 radical (unpaired) electrons. The highest BCUT2D eigenvalue weighted by atomic mass is 19.1. The van der Waals surface area contributed by atoms with E-state index in [4.69, 9.17) is 15.2 Å². The normalized spacial score (nSPS) is 12.0. The Bertz CT molecular complexity index is 584. The first kappa shape index (κ1) is 15.3. The van der Waals surface area contributed by atoms with Crippen LogP contribution in [-0.4, -0.2) is 13.7 Å². The highest BCUT2D eigenvalue weighted by Gasteiger charge is 2.13. The van der Waals surface area contributed by atoms with Crippen LogP contribution in [0.3, 0.4) is 0 Å². The number of halogens is 1. The second-order valence-corrected chi connectivity index (χ2v) is 4.75. The van der Waals surface area contributed by atoms with Gasteiger partial charge in [-0.1, -0.05) is 24.3 Å². The van der Waals surface area contributed by atoms with Crippen LogP contribution in [0.5, 0.6) is 11.5 Å². The second-order valence-electron chi connectivity index (χ2n) is 4.75. The lowest BCUT2D eigenvalue weighted by Crippen LogP contribution is -2.14. The van der Waals surface area contributed by atoms with Crippen LogP contribution in [0.15, 0.2) is 42.5 Å². The van der Waals surface area contributed by atoms with Gasteiger partial charge in [0.05, 0.1) is 13.7 Å². The Balaban J connectivity index is 2.12. The molecule has 4 heteroatoms. The number of rotatable bonds is 6. The summed E-state index contributed by atoms with van der Waals surface area (Å²) in [7, 11) is 1.45. The van der Waals surface area contributed by atoms with Crippen molar-refractivity contribution >= 4 is 0 Å². The molecule has 0 saturated heterocycles. The van der Waals surface area contributed by atoms with E-state index in [9.17, 15) is 4.39 Å². The molecule has 21 heavy (non-hydrogen) atoms. The predicted molar refractivity (Wildman–Crippen MR) is 81.2 cm³/mol. The third kappa shape index (κ3) is 3.73. The van der Waals surface area contributed by atoms with Gasteiger partial charge in [0.1, 0.15) is 5.75 Å². The Morgan fingerprint density at radius 1 is 1.14 bits per heavy atom. The van der Waals surface area contributed by atoms with Gasteiger partial charge in [0.2, 0.25) is 0 Å². The van der Waals surface area contributed by atoms with E-state index < -0.39 is 0 Å². The van der Waals surface area contributed by atoms with Crippen molar-refractivity contribution in [3.05, 3.63) is 59.4 Å². The van der Waals surface area contributed by atoms with Crippen molar-refractivity contribution in [3.63, 3.8) is 0 Å². The van der Waals surface area contributed by atoms with E-state index in [-0.39, 0.29) is 17.6 Å². The van der Waals surface area contributed by atoms with E-state index in [1.807, 2.05) is 31.2 Å². The van der Waals surface area contributed by atoms with Crippen molar-refractivity contribution in [1.29, 1.82) is 0 Å². The summed E-state index contributed by atoms with van der Waals surface area (Å²) >= 11 is 0. The zero-order valence-corrected chi connectivity index (χ0v) is 12.3. The minimum atomic E-state index is -0.346. The van der Waals surface area contributed by atoms with Crippen molar-refractivity contribution in [2.45, 2.75) is 19.4 Å². The van der Waals surface area contributed by atoms with E-state index in [1.54, 1.807) is 18.2 Å². The molecule has 0 aliphatic rings. The maximum atomic E-state index is 14.1. The SMILES string of the molecule is CCOc1ccc(C(N)Cc2cccc(OC)c2F)cc1. The molecule has 3 nitrogen and oxygen atoms in total. The molecule has 2 aromatic carbocycles. The lowest BCUT2D eigenvalue weighted by atomic mass is 9.99. The minimum Gasteiger partial charge on any atom is -0.494 e. The van der Waals surface area contributed by atoms with Gasteiger partial charge in [-0.15, -0.1) is 0 Å². The van der Waals surface area contributed by atoms with Gasteiger partial charge < -0.3 is 15.2 Å². The Morgan fingerprint density at radius 2 is 1.86 bits per heavy atom. The number of nitrogens with two attached hydrogens (primary N) is 1. The molecule has 1 unspecified atom stereocenters. The molecular weight excluding hydrogens is 269 g/mol. The molecule has 2 rings (SSSR count). The van der Waals surface area contributed by atoms with Gasteiger partial charge in [-0.25, -0.2) is 4.39 Å². The molecule has 0 bridgehead atoms. The van der Waals surface area contributed by atoms with E-state index in [0.717, 1.165) is 11.3 Å². The molecule has 2 aromatic rings. The second kappa shape index (κ2) is 7.09. The molecule has 0 fully saturated rings. The van der Waals surface area contributed by atoms with Gasteiger partial charge in [0.15, 0.2) is 11.6 Å². The molecule has 0 heterocycles. The van der Waals surface area contributed by atoms with Crippen LogP contribution in [0.2, 0.25) is 0 Å². The number of methoxy groups -OCH3 is 1. The number of benzene rings is 2. The summed E-state index contributed by atoms with van der Waals surface area (Å²) in [5.74, 6) is 0.703. The van der Waals surface area contributed by atoms with Crippen molar-refractivity contribution in [1.82, 2.24) is 0 Å². The van der Waals surface area contributed by atoms with Crippen LogP contribution < -0.4 is 15.2 Å². The van der Waals surface area contributed by atoms with Crippen LogP contribution in [-0.2, 0) is 6.42 Å². The minimum absolute atomic E-state index is 0.242. The maximum absolute atomic E-state index is 14.1.